The van der Waals surface area contributed by atoms with Gasteiger partial charge in [-0.25, -0.2) is 4.79 Å². The number of aryl methyl sites for hydroxylation is 1. The first-order chi connectivity index (χ1) is 18.4. The topological polar surface area (TPSA) is 114 Å². The average molecular weight is 515 g/mol. The molecule has 1 aliphatic heterocycles. The van der Waals surface area contributed by atoms with E-state index in [9.17, 15) is 14.4 Å². The van der Waals surface area contributed by atoms with Crippen LogP contribution < -0.4 is 26.0 Å². The summed E-state index contributed by atoms with van der Waals surface area (Å²) >= 11 is 0. The van der Waals surface area contributed by atoms with Crippen molar-refractivity contribution in [3.63, 3.8) is 0 Å². The average Bonchev–Trinajstić information content (AvgIpc) is 3.04. The van der Waals surface area contributed by atoms with Crippen molar-refractivity contribution >= 4 is 23.5 Å². The predicted octanol–water partition coefficient (Wildman–Crippen LogP) is 4.29. The van der Waals surface area contributed by atoms with Gasteiger partial charge in [-0.2, -0.15) is 0 Å². The van der Waals surface area contributed by atoms with Gasteiger partial charge in [0.05, 0.1) is 13.7 Å². The highest BCUT2D eigenvalue weighted by Crippen LogP contribution is 2.32. The normalized spacial score (nSPS) is 14.8. The molecule has 3 aromatic carbocycles. The molecule has 1 aliphatic rings. The Hall–Kier alpha value is -4.33. The van der Waals surface area contributed by atoms with Gasteiger partial charge in [0.25, 0.3) is 0 Å². The Morgan fingerprint density at radius 1 is 1.08 bits per heavy atom. The summed E-state index contributed by atoms with van der Waals surface area (Å²) in [5.41, 5.74) is 11.0. The molecule has 0 spiro atoms. The first kappa shape index (κ1) is 26.7. The lowest BCUT2D eigenvalue weighted by molar-refractivity contribution is -0.127. The number of nitrogens with zero attached hydrogens (tertiary/aromatic N) is 1. The number of fused-ring (bicyclic) bond motifs is 1. The zero-order valence-corrected chi connectivity index (χ0v) is 21.8. The third kappa shape index (κ3) is 6.32. The van der Waals surface area contributed by atoms with Gasteiger partial charge in [-0.1, -0.05) is 55.5 Å². The van der Waals surface area contributed by atoms with Crippen LogP contribution in [-0.4, -0.2) is 31.0 Å². The summed E-state index contributed by atoms with van der Waals surface area (Å²) in [7, 11) is 1.62. The van der Waals surface area contributed by atoms with Crippen molar-refractivity contribution in [1.82, 2.24) is 10.6 Å². The van der Waals surface area contributed by atoms with Crippen molar-refractivity contribution in [3.8, 4) is 16.9 Å². The van der Waals surface area contributed by atoms with Crippen LogP contribution in [0.4, 0.5) is 10.5 Å². The molecule has 8 nitrogen and oxygen atoms in total. The molecule has 1 heterocycles. The van der Waals surface area contributed by atoms with Crippen LogP contribution >= 0.6 is 0 Å². The lowest BCUT2D eigenvalue weighted by atomic mass is 9.98. The molecule has 0 bridgehead atoms. The van der Waals surface area contributed by atoms with Crippen molar-refractivity contribution in [2.24, 2.45) is 5.73 Å². The van der Waals surface area contributed by atoms with E-state index in [4.69, 9.17) is 10.5 Å². The number of ether oxygens (including phenoxy) is 1. The van der Waals surface area contributed by atoms with Gasteiger partial charge in [0, 0.05) is 18.7 Å². The number of amides is 4. The number of nitrogens with two attached hydrogens (primary N) is 1. The summed E-state index contributed by atoms with van der Waals surface area (Å²) in [6, 6.07) is 20.4. The Balaban J connectivity index is 1.61. The summed E-state index contributed by atoms with van der Waals surface area (Å²) < 4.78 is 5.42. The van der Waals surface area contributed by atoms with Gasteiger partial charge in [0.15, 0.2) is 0 Å². The molecule has 0 saturated heterocycles. The number of rotatable bonds is 9. The Morgan fingerprint density at radius 3 is 2.55 bits per heavy atom. The largest absolute Gasteiger partial charge is 0.497 e. The first-order valence-corrected chi connectivity index (χ1v) is 12.9. The summed E-state index contributed by atoms with van der Waals surface area (Å²) in [5.74, 6) is 0.506. The molecule has 4 N–H and O–H groups in total. The third-order valence-electron chi connectivity index (χ3n) is 6.73. The summed E-state index contributed by atoms with van der Waals surface area (Å²) in [5, 5.41) is 5.59. The van der Waals surface area contributed by atoms with E-state index in [1.165, 1.54) is 0 Å². The van der Waals surface area contributed by atoms with Crippen LogP contribution in [0.3, 0.4) is 0 Å². The van der Waals surface area contributed by atoms with Gasteiger partial charge in [-0.3, -0.25) is 9.59 Å². The molecule has 0 saturated carbocycles. The van der Waals surface area contributed by atoms with E-state index >= 15 is 0 Å². The maximum Gasteiger partial charge on any atom is 0.312 e. The fourth-order valence-corrected chi connectivity index (χ4v) is 4.78. The predicted molar refractivity (Wildman–Crippen MR) is 148 cm³/mol. The van der Waals surface area contributed by atoms with Crippen LogP contribution in [0.25, 0.3) is 11.1 Å². The molecule has 0 aromatic heterocycles. The number of carbonyl (C=O) groups excluding carboxylic acids is 3. The van der Waals surface area contributed by atoms with E-state index < -0.39 is 12.1 Å². The molecular formula is C30H34N4O4. The fraction of sp³-hybridized carbons (Fsp3) is 0.300. The molecule has 0 fully saturated rings. The van der Waals surface area contributed by atoms with Crippen LogP contribution in [0.15, 0.2) is 66.7 Å². The van der Waals surface area contributed by atoms with Crippen LogP contribution in [0, 0.1) is 0 Å². The van der Waals surface area contributed by atoms with Crippen LogP contribution in [0.2, 0.25) is 0 Å². The summed E-state index contributed by atoms with van der Waals surface area (Å²) in [4.78, 5) is 39.0. The van der Waals surface area contributed by atoms with Crippen molar-refractivity contribution in [2.45, 2.75) is 51.7 Å². The summed E-state index contributed by atoms with van der Waals surface area (Å²) in [6.45, 7) is 2.64. The standard InChI is InChI=1S/C30H34N4O4/c1-3-6-28(35)33-26-15-13-22-17-24(38-2)14-16-27(22)34(29(26)36)19-20-9-11-21(12-10-20)25-8-5-4-7-23(25)18-32-30(31)37/h4-5,7-12,14,16-17,26H,3,6,13,15,18-19H2,1-2H3,(H,33,35)(H3,31,32,37)/t26-/m1/s1. The van der Waals surface area contributed by atoms with E-state index in [1.54, 1.807) is 12.0 Å². The molecule has 0 unspecified atom stereocenters. The Kier molecular flexibility index (Phi) is 8.63. The molecular weight excluding hydrogens is 480 g/mol. The van der Waals surface area contributed by atoms with Gasteiger partial charge in [-0.05, 0) is 65.3 Å². The third-order valence-corrected chi connectivity index (χ3v) is 6.73. The highest BCUT2D eigenvalue weighted by Gasteiger charge is 2.31. The number of anilines is 1. The molecule has 8 heteroatoms. The minimum absolute atomic E-state index is 0.108. The molecule has 1 atom stereocenters. The van der Waals surface area contributed by atoms with E-state index in [0.717, 1.165) is 45.7 Å². The first-order valence-electron chi connectivity index (χ1n) is 12.9. The number of hydrogen-bond acceptors (Lipinski definition) is 4. The number of hydrogen-bond donors (Lipinski definition) is 3. The maximum atomic E-state index is 13.7. The van der Waals surface area contributed by atoms with E-state index in [1.807, 2.05) is 73.7 Å². The Bertz CT molecular complexity index is 1310. The van der Waals surface area contributed by atoms with Crippen LogP contribution in [-0.2, 0) is 29.1 Å². The number of benzene rings is 3. The van der Waals surface area contributed by atoms with Crippen molar-refractivity contribution in [3.05, 3.63) is 83.4 Å². The SMILES string of the molecule is CCCC(=O)N[C@@H]1CCc2cc(OC)ccc2N(Cc2ccc(-c3ccccc3CNC(N)=O)cc2)C1=O. The number of carbonyl (C=O) groups is 3. The number of methoxy groups -OCH3 is 1. The second-order valence-electron chi connectivity index (χ2n) is 9.40. The highest BCUT2D eigenvalue weighted by atomic mass is 16.5. The maximum absolute atomic E-state index is 13.7. The van der Waals surface area contributed by atoms with Crippen molar-refractivity contribution in [1.29, 1.82) is 0 Å². The molecule has 0 aliphatic carbocycles. The van der Waals surface area contributed by atoms with Gasteiger partial charge >= 0.3 is 6.03 Å². The van der Waals surface area contributed by atoms with Gasteiger partial charge in [0.1, 0.15) is 11.8 Å². The minimum Gasteiger partial charge on any atom is -0.497 e. The molecule has 4 rings (SSSR count). The second kappa shape index (κ2) is 12.3. The van der Waals surface area contributed by atoms with Crippen molar-refractivity contribution in [2.75, 3.05) is 12.0 Å². The zero-order chi connectivity index (χ0) is 27.1. The van der Waals surface area contributed by atoms with Crippen LogP contribution in [0.5, 0.6) is 5.75 Å². The molecule has 198 valence electrons. The van der Waals surface area contributed by atoms with Gasteiger partial charge in [0.2, 0.25) is 11.8 Å². The smallest absolute Gasteiger partial charge is 0.312 e. The van der Waals surface area contributed by atoms with Crippen LogP contribution in [0.1, 0.15) is 42.9 Å². The second-order valence-corrected chi connectivity index (χ2v) is 9.40. The monoisotopic (exact) mass is 514 g/mol. The number of nitrogens with one attached hydrogen (secondary N) is 2. The Labute approximate surface area is 223 Å². The number of urea groups is 1. The Morgan fingerprint density at radius 2 is 1.84 bits per heavy atom. The minimum atomic E-state index is -0.587. The van der Waals surface area contributed by atoms with E-state index in [0.29, 0.717) is 32.4 Å². The number of primary amides is 1. The van der Waals surface area contributed by atoms with E-state index in [-0.39, 0.29) is 11.8 Å². The van der Waals surface area contributed by atoms with Gasteiger partial charge < -0.3 is 26.0 Å². The fourth-order valence-electron chi connectivity index (χ4n) is 4.78. The van der Waals surface area contributed by atoms with Gasteiger partial charge in [-0.15, -0.1) is 0 Å². The van der Waals surface area contributed by atoms with Crippen molar-refractivity contribution < 1.29 is 19.1 Å². The quantitative estimate of drug-likeness (QED) is 0.395. The molecule has 38 heavy (non-hydrogen) atoms. The molecule has 0 radical (unpaired) electrons. The lowest BCUT2D eigenvalue weighted by Gasteiger charge is -2.27. The van der Waals surface area contributed by atoms with E-state index in [2.05, 4.69) is 10.6 Å². The lowest BCUT2D eigenvalue weighted by Crippen LogP contribution is -2.47. The molecule has 4 amide bonds. The highest BCUT2D eigenvalue weighted by molar-refractivity contribution is 6.00. The zero-order valence-electron chi connectivity index (χ0n) is 21.8. The summed E-state index contributed by atoms with van der Waals surface area (Å²) in [6.07, 6.45) is 2.30. The molecule has 3 aromatic rings.